The molecule has 2 heterocycles. The first-order chi connectivity index (χ1) is 8.60. The second-order valence-electron chi connectivity index (χ2n) is 4.33. The minimum Gasteiger partial charge on any atom is -0.368 e. The molecule has 18 heavy (non-hydrogen) atoms. The summed E-state index contributed by atoms with van der Waals surface area (Å²) in [5, 5.41) is 4.40. The Balaban J connectivity index is 2.16. The summed E-state index contributed by atoms with van der Waals surface area (Å²) in [5.74, 6) is 1.17. The largest absolute Gasteiger partial charge is 0.368 e. The topological polar surface area (TPSA) is 67.1 Å². The van der Waals surface area contributed by atoms with Gasteiger partial charge >= 0.3 is 0 Å². The lowest BCUT2D eigenvalue weighted by Gasteiger charge is -2.14. The molecule has 0 amide bonds. The molecule has 0 radical (unpaired) electrons. The van der Waals surface area contributed by atoms with Crippen molar-refractivity contribution in [3.05, 3.63) is 10.9 Å². The predicted octanol–water partition coefficient (Wildman–Crippen LogP) is 1.95. The maximum absolute atomic E-state index is 5.73. The van der Waals surface area contributed by atoms with Gasteiger partial charge in [0.05, 0.1) is 5.39 Å². The highest BCUT2D eigenvalue weighted by Crippen LogP contribution is 2.28. The molecule has 0 aliphatic carbocycles. The average Bonchev–Trinajstić information content (AvgIpc) is 2.69. The third kappa shape index (κ3) is 2.88. The number of nitrogens with two attached hydrogens (primary N) is 1. The second kappa shape index (κ2) is 5.49. The molecule has 0 aromatic carbocycles. The zero-order chi connectivity index (χ0) is 13.1. The van der Waals surface area contributed by atoms with Gasteiger partial charge in [0, 0.05) is 18.0 Å². The Bertz CT molecular complexity index is 536. The number of nitrogens with one attached hydrogen (secondary N) is 1. The van der Waals surface area contributed by atoms with Crippen LogP contribution in [0, 0.1) is 6.92 Å². The van der Waals surface area contributed by atoms with Crippen LogP contribution in [0.15, 0.2) is 6.07 Å². The fraction of sp³-hybridized carbons (Fsp3) is 0.500. The number of nitrogens with zero attached hydrogens (tertiary/aromatic N) is 3. The molecule has 3 N–H and O–H groups in total. The number of hydrogen-bond acceptors (Lipinski definition) is 6. The normalized spacial score (nSPS) is 11.3. The first-order valence-electron chi connectivity index (χ1n) is 6.06. The standard InChI is InChI=1S/C12H19N5S/c1-4-17(3)6-5-14-10-9-7-8(2)18-11(9)16-12(13)15-10/h7H,4-6H2,1-3H3,(H3,13,14,15,16). The van der Waals surface area contributed by atoms with Crippen molar-refractivity contribution in [1.82, 2.24) is 14.9 Å². The Hall–Kier alpha value is -1.40. The van der Waals surface area contributed by atoms with Crippen molar-refractivity contribution in [1.29, 1.82) is 0 Å². The van der Waals surface area contributed by atoms with Gasteiger partial charge in [-0.25, -0.2) is 4.98 Å². The molecule has 2 aromatic rings. The predicted molar refractivity (Wildman–Crippen MR) is 78.2 cm³/mol. The molecule has 2 aromatic heterocycles. The first kappa shape index (κ1) is 13.0. The number of fused-ring (bicyclic) bond motifs is 1. The molecular weight excluding hydrogens is 246 g/mol. The smallest absolute Gasteiger partial charge is 0.223 e. The van der Waals surface area contributed by atoms with Gasteiger partial charge in [0.25, 0.3) is 0 Å². The zero-order valence-corrected chi connectivity index (χ0v) is 11.8. The zero-order valence-electron chi connectivity index (χ0n) is 11.0. The van der Waals surface area contributed by atoms with Crippen molar-refractivity contribution in [2.75, 3.05) is 37.7 Å². The Morgan fingerprint density at radius 2 is 2.22 bits per heavy atom. The van der Waals surface area contributed by atoms with Crippen LogP contribution in [0.5, 0.6) is 0 Å². The van der Waals surface area contributed by atoms with E-state index in [2.05, 4.69) is 47.1 Å². The maximum atomic E-state index is 5.73. The number of aryl methyl sites for hydroxylation is 1. The Kier molecular flexibility index (Phi) is 3.98. The minimum atomic E-state index is 0.329. The lowest BCUT2D eigenvalue weighted by molar-refractivity contribution is 0.367. The highest BCUT2D eigenvalue weighted by molar-refractivity contribution is 7.18. The van der Waals surface area contributed by atoms with E-state index >= 15 is 0 Å². The second-order valence-corrected chi connectivity index (χ2v) is 5.56. The number of rotatable bonds is 5. The lowest BCUT2D eigenvalue weighted by atomic mass is 10.3. The van der Waals surface area contributed by atoms with Crippen LogP contribution in [0.1, 0.15) is 11.8 Å². The highest BCUT2D eigenvalue weighted by atomic mass is 32.1. The van der Waals surface area contributed by atoms with Crippen LogP contribution < -0.4 is 11.1 Å². The van der Waals surface area contributed by atoms with Gasteiger partial charge in [-0.15, -0.1) is 11.3 Å². The monoisotopic (exact) mass is 265 g/mol. The molecule has 5 nitrogen and oxygen atoms in total. The van der Waals surface area contributed by atoms with E-state index in [1.54, 1.807) is 11.3 Å². The third-order valence-corrected chi connectivity index (χ3v) is 3.80. The molecule has 2 rings (SSSR count). The summed E-state index contributed by atoms with van der Waals surface area (Å²) in [4.78, 5) is 12.9. The molecule has 0 unspecified atom stereocenters. The van der Waals surface area contributed by atoms with Crippen molar-refractivity contribution in [2.45, 2.75) is 13.8 Å². The van der Waals surface area contributed by atoms with Crippen LogP contribution >= 0.6 is 11.3 Å². The van der Waals surface area contributed by atoms with Crippen LogP contribution in [0.4, 0.5) is 11.8 Å². The molecule has 0 bridgehead atoms. The van der Waals surface area contributed by atoms with Crippen LogP contribution in [0.25, 0.3) is 10.2 Å². The molecule has 0 fully saturated rings. The fourth-order valence-corrected chi connectivity index (χ4v) is 2.60. The van der Waals surface area contributed by atoms with E-state index in [1.807, 2.05) is 0 Å². The van der Waals surface area contributed by atoms with Crippen molar-refractivity contribution >= 4 is 33.3 Å². The van der Waals surface area contributed by atoms with E-state index < -0.39 is 0 Å². The number of likely N-dealkylation sites (N-methyl/N-ethyl adjacent to an activating group) is 1. The van der Waals surface area contributed by atoms with Gasteiger partial charge in [0.1, 0.15) is 10.6 Å². The molecule has 6 heteroatoms. The summed E-state index contributed by atoms with van der Waals surface area (Å²) in [6, 6.07) is 2.10. The van der Waals surface area contributed by atoms with Crippen molar-refractivity contribution in [3.8, 4) is 0 Å². The molecule has 0 saturated heterocycles. The van der Waals surface area contributed by atoms with Crippen LogP contribution in [0.3, 0.4) is 0 Å². The van der Waals surface area contributed by atoms with E-state index in [0.29, 0.717) is 5.95 Å². The average molecular weight is 265 g/mol. The van der Waals surface area contributed by atoms with Gasteiger partial charge in [-0.05, 0) is 26.6 Å². The number of anilines is 2. The molecule has 0 aliphatic heterocycles. The lowest BCUT2D eigenvalue weighted by Crippen LogP contribution is -2.25. The van der Waals surface area contributed by atoms with E-state index in [0.717, 1.165) is 35.7 Å². The quantitative estimate of drug-likeness (QED) is 0.865. The SMILES string of the molecule is CCN(C)CCNc1nc(N)nc2sc(C)cc12. The van der Waals surface area contributed by atoms with Gasteiger partial charge in [-0.2, -0.15) is 4.98 Å². The summed E-state index contributed by atoms with van der Waals surface area (Å²) < 4.78 is 0. The van der Waals surface area contributed by atoms with Crippen molar-refractivity contribution in [3.63, 3.8) is 0 Å². The molecule has 0 atom stereocenters. The van der Waals surface area contributed by atoms with Gasteiger partial charge in [0.15, 0.2) is 0 Å². The fourth-order valence-electron chi connectivity index (χ4n) is 1.72. The summed E-state index contributed by atoms with van der Waals surface area (Å²) in [6.45, 7) is 7.08. The van der Waals surface area contributed by atoms with Crippen LogP contribution in [-0.2, 0) is 0 Å². The number of nitrogen functional groups attached to an aromatic ring is 1. The Labute approximate surface area is 111 Å². The first-order valence-corrected chi connectivity index (χ1v) is 6.88. The van der Waals surface area contributed by atoms with E-state index in [-0.39, 0.29) is 0 Å². The molecule has 0 spiro atoms. The Morgan fingerprint density at radius 1 is 1.44 bits per heavy atom. The van der Waals surface area contributed by atoms with Gasteiger partial charge < -0.3 is 16.0 Å². The summed E-state index contributed by atoms with van der Waals surface area (Å²) in [5.41, 5.74) is 5.73. The molecule has 0 aliphatic rings. The molecular formula is C12H19N5S. The van der Waals surface area contributed by atoms with Gasteiger partial charge in [0.2, 0.25) is 5.95 Å². The minimum absolute atomic E-state index is 0.329. The number of hydrogen-bond donors (Lipinski definition) is 2. The number of thiophene rings is 1. The molecule has 98 valence electrons. The van der Waals surface area contributed by atoms with E-state index in [9.17, 15) is 0 Å². The third-order valence-electron chi connectivity index (χ3n) is 2.86. The van der Waals surface area contributed by atoms with Gasteiger partial charge in [-0.1, -0.05) is 6.92 Å². The van der Waals surface area contributed by atoms with Crippen molar-refractivity contribution in [2.24, 2.45) is 0 Å². The van der Waals surface area contributed by atoms with Gasteiger partial charge in [-0.3, -0.25) is 0 Å². The van der Waals surface area contributed by atoms with Crippen molar-refractivity contribution < 1.29 is 0 Å². The maximum Gasteiger partial charge on any atom is 0.223 e. The summed E-state index contributed by atoms with van der Waals surface area (Å²) >= 11 is 1.64. The van der Waals surface area contributed by atoms with Crippen LogP contribution in [-0.4, -0.2) is 41.5 Å². The Morgan fingerprint density at radius 3 is 2.94 bits per heavy atom. The van der Waals surface area contributed by atoms with E-state index in [1.165, 1.54) is 4.88 Å². The van der Waals surface area contributed by atoms with Crippen LogP contribution in [0.2, 0.25) is 0 Å². The van der Waals surface area contributed by atoms with E-state index in [4.69, 9.17) is 5.73 Å². The molecule has 0 saturated carbocycles. The highest BCUT2D eigenvalue weighted by Gasteiger charge is 2.08. The summed E-state index contributed by atoms with van der Waals surface area (Å²) in [6.07, 6.45) is 0. The number of aromatic nitrogens is 2. The summed E-state index contributed by atoms with van der Waals surface area (Å²) in [7, 11) is 2.10.